The molecule has 5 heteroatoms. The summed E-state index contributed by atoms with van der Waals surface area (Å²) in [5.74, 6) is 1.77. The van der Waals surface area contributed by atoms with Gasteiger partial charge in [0.25, 0.3) is 0 Å². The summed E-state index contributed by atoms with van der Waals surface area (Å²) in [4.78, 5) is 0. The highest BCUT2D eigenvalue weighted by molar-refractivity contribution is 5.64. The van der Waals surface area contributed by atoms with Crippen molar-refractivity contribution in [3.05, 3.63) is 36.0 Å². The van der Waals surface area contributed by atoms with Crippen molar-refractivity contribution >= 4 is 11.5 Å². The van der Waals surface area contributed by atoms with Crippen LogP contribution in [0.5, 0.6) is 5.75 Å². The van der Waals surface area contributed by atoms with Crippen molar-refractivity contribution in [3.8, 4) is 5.75 Å². The van der Waals surface area contributed by atoms with Crippen LogP contribution >= 0.6 is 0 Å². The molecule has 0 unspecified atom stereocenters. The molecular weight excluding hydrogens is 240 g/mol. The molecule has 102 valence electrons. The van der Waals surface area contributed by atoms with Crippen molar-refractivity contribution in [2.75, 3.05) is 24.2 Å². The summed E-state index contributed by atoms with van der Waals surface area (Å²) in [7, 11) is 1.88. The Kier molecular flexibility index (Phi) is 4.28. The highest BCUT2D eigenvalue weighted by Gasteiger charge is 2.08. The van der Waals surface area contributed by atoms with Gasteiger partial charge < -0.3 is 15.8 Å². The molecule has 0 fully saturated rings. The molecular formula is C14H20N4O. The first-order chi connectivity index (χ1) is 9.18. The molecule has 0 bridgehead atoms. The number of para-hydroxylation sites is 1. The zero-order chi connectivity index (χ0) is 13.7. The van der Waals surface area contributed by atoms with Crippen LogP contribution in [0.2, 0.25) is 0 Å². The Morgan fingerprint density at radius 1 is 1.32 bits per heavy atom. The van der Waals surface area contributed by atoms with Gasteiger partial charge in [-0.15, -0.1) is 0 Å². The van der Waals surface area contributed by atoms with Crippen molar-refractivity contribution < 1.29 is 4.74 Å². The van der Waals surface area contributed by atoms with Crippen molar-refractivity contribution in [1.82, 2.24) is 9.78 Å². The molecule has 0 radical (unpaired) electrons. The van der Waals surface area contributed by atoms with E-state index in [-0.39, 0.29) is 0 Å². The van der Waals surface area contributed by atoms with E-state index in [0.29, 0.717) is 12.3 Å². The lowest BCUT2D eigenvalue weighted by Crippen LogP contribution is -2.11. The number of anilines is 2. The van der Waals surface area contributed by atoms with E-state index in [9.17, 15) is 0 Å². The lowest BCUT2D eigenvalue weighted by molar-refractivity contribution is 0.315. The number of nitrogens with two attached hydrogens (primary N) is 1. The zero-order valence-corrected chi connectivity index (χ0v) is 11.4. The van der Waals surface area contributed by atoms with Crippen molar-refractivity contribution in [2.24, 2.45) is 7.05 Å². The molecule has 0 saturated heterocycles. The number of nitrogen functional groups attached to an aromatic ring is 1. The van der Waals surface area contributed by atoms with E-state index in [4.69, 9.17) is 10.5 Å². The SMILES string of the molecule is Cc1nn(C)c(NCCCOc2ccccc2)c1N. The van der Waals surface area contributed by atoms with E-state index < -0.39 is 0 Å². The molecule has 0 spiro atoms. The van der Waals surface area contributed by atoms with Crippen molar-refractivity contribution in [1.29, 1.82) is 0 Å². The maximum Gasteiger partial charge on any atom is 0.147 e. The fourth-order valence-corrected chi connectivity index (χ4v) is 1.87. The Balaban J connectivity index is 1.72. The Hall–Kier alpha value is -2.17. The van der Waals surface area contributed by atoms with E-state index in [2.05, 4.69) is 10.4 Å². The highest BCUT2D eigenvalue weighted by atomic mass is 16.5. The van der Waals surface area contributed by atoms with Gasteiger partial charge >= 0.3 is 0 Å². The molecule has 19 heavy (non-hydrogen) atoms. The molecule has 1 aromatic carbocycles. The lowest BCUT2D eigenvalue weighted by Gasteiger charge is -2.09. The predicted octanol–water partition coefficient (Wildman–Crippen LogP) is 2.19. The van der Waals surface area contributed by atoms with Crippen LogP contribution in [0.1, 0.15) is 12.1 Å². The number of hydrogen-bond acceptors (Lipinski definition) is 4. The number of rotatable bonds is 6. The summed E-state index contributed by atoms with van der Waals surface area (Å²) in [5.41, 5.74) is 7.50. The number of nitrogens with zero attached hydrogens (tertiary/aromatic N) is 2. The molecule has 0 aliphatic heterocycles. The normalized spacial score (nSPS) is 10.4. The van der Waals surface area contributed by atoms with Gasteiger partial charge in [-0.2, -0.15) is 5.10 Å². The van der Waals surface area contributed by atoms with E-state index in [1.165, 1.54) is 0 Å². The standard InChI is InChI=1S/C14H20N4O/c1-11-13(15)14(18(2)17-11)16-9-6-10-19-12-7-4-3-5-8-12/h3-5,7-8,16H,6,9-10,15H2,1-2H3. The lowest BCUT2D eigenvalue weighted by atomic mass is 10.3. The summed E-state index contributed by atoms with van der Waals surface area (Å²) >= 11 is 0. The van der Waals surface area contributed by atoms with Crippen molar-refractivity contribution in [2.45, 2.75) is 13.3 Å². The van der Waals surface area contributed by atoms with E-state index in [1.54, 1.807) is 4.68 Å². The Morgan fingerprint density at radius 3 is 2.68 bits per heavy atom. The molecule has 0 atom stereocenters. The number of aromatic nitrogens is 2. The number of aryl methyl sites for hydroxylation is 2. The molecule has 2 aromatic rings. The molecule has 1 aromatic heterocycles. The summed E-state index contributed by atoms with van der Waals surface area (Å²) in [6.07, 6.45) is 0.901. The quantitative estimate of drug-likeness (QED) is 0.781. The monoisotopic (exact) mass is 260 g/mol. The predicted molar refractivity (Wildman–Crippen MR) is 77.4 cm³/mol. The highest BCUT2D eigenvalue weighted by Crippen LogP contribution is 2.20. The maximum atomic E-state index is 5.93. The first-order valence-electron chi connectivity index (χ1n) is 6.39. The molecule has 5 nitrogen and oxygen atoms in total. The number of benzene rings is 1. The summed E-state index contributed by atoms with van der Waals surface area (Å²) < 4.78 is 7.38. The zero-order valence-electron chi connectivity index (χ0n) is 11.4. The fraction of sp³-hybridized carbons (Fsp3) is 0.357. The van der Waals surface area contributed by atoms with E-state index >= 15 is 0 Å². The number of hydrogen-bond donors (Lipinski definition) is 2. The van der Waals surface area contributed by atoms with Gasteiger partial charge in [-0.25, -0.2) is 0 Å². The summed E-state index contributed by atoms with van der Waals surface area (Å²) in [6, 6.07) is 9.81. The molecule has 0 aliphatic carbocycles. The topological polar surface area (TPSA) is 65.1 Å². The first kappa shape index (κ1) is 13.3. The Labute approximate surface area is 113 Å². The molecule has 0 saturated carbocycles. The minimum absolute atomic E-state index is 0.674. The summed E-state index contributed by atoms with van der Waals surface area (Å²) in [6.45, 7) is 3.38. The second-order valence-corrected chi connectivity index (χ2v) is 4.41. The molecule has 0 aliphatic rings. The minimum atomic E-state index is 0.674. The smallest absolute Gasteiger partial charge is 0.147 e. The number of ether oxygens (including phenoxy) is 1. The average Bonchev–Trinajstić information content (AvgIpc) is 2.65. The Morgan fingerprint density at radius 2 is 2.05 bits per heavy atom. The largest absolute Gasteiger partial charge is 0.494 e. The van der Waals surface area contributed by atoms with Crippen LogP contribution < -0.4 is 15.8 Å². The summed E-state index contributed by atoms with van der Waals surface area (Å²) in [5, 5.41) is 7.54. The molecule has 2 rings (SSSR count). The van der Waals surface area contributed by atoms with E-state index in [1.807, 2.05) is 44.3 Å². The van der Waals surface area contributed by atoms with Gasteiger partial charge in [0.1, 0.15) is 11.6 Å². The Bertz CT molecular complexity index is 522. The third kappa shape index (κ3) is 3.40. The van der Waals surface area contributed by atoms with E-state index in [0.717, 1.165) is 30.2 Å². The first-order valence-corrected chi connectivity index (χ1v) is 6.39. The van der Waals surface area contributed by atoms with Gasteiger partial charge in [0.2, 0.25) is 0 Å². The van der Waals surface area contributed by atoms with Crippen LogP contribution in [0.25, 0.3) is 0 Å². The maximum absolute atomic E-state index is 5.93. The fourth-order valence-electron chi connectivity index (χ4n) is 1.87. The van der Waals surface area contributed by atoms with Gasteiger partial charge in [0.05, 0.1) is 18.0 Å². The van der Waals surface area contributed by atoms with Gasteiger partial charge in [-0.05, 0) is 25.5 Å². The third-order valence-electron chi connectivity index (χ3n) is 2.89. The molecule has 3 N–H and O–H groups in total. The minimum Gasteiger partial charge on any atom is -0.494 e. The van der Waals surface area contributed by atoms with Crippen LogP contribution in [0, 0.1) is 6.92 Å². The van der Waals surface area contributed by atoms with Crippen LogP contribution in [0.3, 0.4) is 0 Å². The third-order valence-corrected chi connectivity index (χ3v) is 2.89. The van der Waals surface area contributed by atoms with Gasteiger partial charge in [-0.3, -0.25) is 4.68 Å². The van der Waals surface area contributed by atoms with Crippen LogP contribution in [-0.2, 0) is 7.05 Å². The number of nitrogens with one attached hydrogen (secondary N) is 1. The second kappa shape index (κ2) is 6.13. The van der Waals surface area contributed by atoms with Gasteiger partial charge in [0.15, 0.2) is 0 Å². The van der Waals surface area contributed by atoms with Crippen LogP contribution in [-0.4, -0.2) is 22.9 Å². The van der Waals surface area contributed by atoms with Crippen molar-refractivity contribution in [3.63, 3.8) is 0 Å². The van der Waals surface area contributed by atoms with Crippen LogP contribution in [0.4, 0.5) is 11.5 Å². The van der Waals surface area contributed by atoms with Gasteiger partial charge in [-0.1, -0.05) is 18.2 Å². The van der Waals surface area contributed by atoms with Crippen LogP contribution in [0.15, 0.2) is 30.3 Å². The molecule has 0 amide bonds. The van der Waals surface area contributed by atoms with Gasteiger partial charge in [0, 0.05) is 13.6 Å². The second-order valence-electron chi connectivity index (χ2n) is 4.41. The average molecular weight is 260 g/mol. The molecule has 1 heterocycles.